The highest BCUT2D eigenvalue weighted by atomic mass is 16.4. The number of hydrogen-bond donors (Lipinski definition) is 3. The molecule has 0 unspecified atom stereocenters. The molecular formula is C18H17N3O4. The number of benzene rings is 2. The smallest absolute Gasteiger partial charge is 0.312 e. The van der Waals surface area contributed by atoms with Crippen LogP contribution >= 0.6 is 0 Å². The van der Waals surface area contributed by atoms with Crippen molar-refractivity contribution < 1.29 is 19.5 Å². The summed E-state index contributed by atoms with van der Waals surface area (Å²) in [6.07, 6.45) is 0. The Morgan fingerprint density at radius 2 is 1.80 bits per heavy atom. The molecule has 0 fully saturated rings. The van der Waals surface area contributed by atoms with E-state index in [4.69, 9.17) is 5.73 Å². The fourth-order valence-corrected chi connectivity index (χ4v) is 2.92. The van der Waals surface area contributed by atoms with E-state index in [0.29, 0.717) is 16.8 Å². The van der Waals surface area contributed by atoms with Crippen molar-refractivity contribution in [3.05, 3.63) is 65.2 Å². The van der Waals surface area contributed by atoms with Crippen LogP contribution in [-0.4, -0.2) is 29.6 Å². The quantitative estimate of drug-likeness (QED) is 0.786. The number of aliphatic carboxylic acids is 1. The van der Waals surface area contributed by atoms with Crippen molar-refractivity contribution in [1.29, 1.82) is 0 Å². The normalized spacial score (nSPS) is 15.5. The number of carboxylic acids is 1. The van der Waals surface area contributed by atoms with E-state index < -0.39 is 17.9 Å². The minimum absolute atomic E-state index is 0.110. The number of urea groups is 1. The van der Waals surface area contributed by atoms with Crippen molar-refractivity contribution in [2.45, 2.75) is 12.5 Å². The third kappa shape index (κ3) is 3.30. The van der Waals surface area contributed by atoms with E-state index >= 15 is 0 Å². The predicted molar refractivity (Wildman–Crippen MR) is 91.4 cm³/mol. The SMILES string of the molecule is NC(=O)NCc1ccc(C(=O)N2C[C@@H](C(=O)O)c3ccccc32)cc1. The molecule has 0 aliphatic carbocycles. The lowest BCUT2D eigenvalue weighted by atomic mass is 10.0. The van der Waals surface area contributed by atoms with Crippen LogP contribution in [-0.2, 0) is 11.3 Å². The molecule has 3 rings (SSSR count). The molecule has 128 valence electrons. The molecule has 1 heterocycles. The second kappa shape index (κ2) is 6.64. The zero-order valence-electron chi connectivity index (χ0n) is 13.3. The minimum Gasteiger partial charge on any atom is -0.481 e. The lowest BCUT2D eigenvalue weighted by Crippen LogP contribution is -2.31. The molecule has 1 aliphatic rings. The number of nitrogens with zero attached hydrogens (tertiary/aromatic N) is 1. The summed E-state index contributed by atoms with van der Waals surface area (Å²) in [5.41, 5.74) is 7.55. The van der Waals surface area contributed by atoms with Gasteiger partial charge in [-0.25, -0.2) is 4.79 Å². The van der Waals surface area contributed by atoms with Crippen molar-refractivity contribution in [2.24, 2.45) is 5.73 Å². The van der Waals surface area contributed by atoms with Crippen LogP contribution in [0, 0.1) is 0 Å². The highest BCUT2D eigenvalue weighted by Crippen LogP contribution is 2.37. The Balaban J connectivity index is 1.82. The molecule has 0 radical (unpaired) electrons. The molecular weight excluding hydrogens is 322 g/mol. The topological polar surface area (TPSA) is 113 Å². The molecule has 3 amide bonds. The van der Waals surface area contributed by atoms with Crippen molar-refractivity contribution in [3.8, 4) is 0 Å². The van der Waals surface area contributed by atoms with Gasteiger partial charge in [0.2, 0.25) is 0 Å². The average molecular weight is 339 g/mol. The first kappa shape index (κ1) is 16.5. The molecule has 2 aromatic carbocycles. The zero-order valence-corrected chi connectivity index (χ0v) is 13.3. The molecule has 7 nitrogen and oxygen atoms in total. The number of para-hydroxylation sites is 1. The van der Waals surface area contributed by atoms with Crippen molar-refractivity contribution >= 4 is 23.6 Å². The van der Waals surface area contributed by atoms with Gasteiger partial charge in [0.15, 0.2) is 0 Å². The van der Waals surface area contributed by atoms with Crippen LogP contribution in [0.4, 0.5) is 10.5 Å². The third-order valence-corrected chi connectivity index (χ3v) is 4.18. The van der Waals surface area contributed by atoms with Gasteiger partial charge in [-0.15, -0.1) is 0 Å². The van der Waals surface area contributed by atoms with Crippen LogP contribution in [0.2, 0.25) is 0 Å². The van der Waals surface area contributed by atoms with Crippen LogP contribution in [0.1, 0.15) is 27.4 Å². The van der Waals surface area contributed by atoms with Crippen LogP contribution in [0.25, 0.3) is 0 Å². The summed E-state index contributed by atoms with van der Waals surface area (Å²) in [6, 6.07) is 13.2. The van der Waals surface area contributed by atoms with Crippen molar-refractivity contribution in [3.63, 3.8) is 0 Å². The van der Waals surface area contributed by atoms with Gasteiger partial charge >= 0.3 is 12.0 Å². The number of carbonyl (C=O) groups excluding carboxylic acids is 2. The molecule has 0 spiro atoms. The van der Waals surface area contributed by atoms with Gasteiger partial charge in [0.05, 0.1) is 0 Å². The first-order chi connectivity index (χ1) is 12.0. The maximum Gasteiger partial charge on any atom is 0.312 e. The molecule has 2 aromatic rings. The number of hydrogen-bond acceptors (Lipinski definition) is 3. The van der Waals surface area contributed by atoms with E-state index in [9.17, 15) is 19.5 Å². The molecule has 7 heteroatoms. The van der Waals surface area contributed by atoms with Gasteiger partial charge in [-0.3, -0.25) is 9.59 Å². The van der Waals surface area contributed by atoms with Crippen LogP contribution in [0.15, 0.2) is 48.5 Å². The summed E-state index contributed by atoms with van der Waals surface area (Å²) in [5.74, 6) is -1.93. The molecule has 0 aromatic heterocycles. The lowest BCUT2D eigenvalue weighted by molar-refractivity contribution is -0.138. The summed E-state index contributed by atoms with van der Waals surface area (Å²) in [5, 5.41) is 11.9. The van der Waals surface area contributed by atoms with Crippen molar-refractivity contribution in [2.75, 3.05) is 11.4 Å². The fourth-order valence-electron chi connectivity index (χ4n) is 2.92. The Hall–Kier alpha value is -3.35. The molecule has 0 saturated carbocycles. The number of amides is 3. The number of carbonyl (C=O) groups is 3. The summed E-state index contributed by atoms with van der Waals surface area (Å²) in [6.45, 7) is 0.385. The molecule has 1 aliphatic heterocycles. The Labute approximate surface area is 144 Å². The van der Waals surface area contributed by atoms with Crippen LogP contribution < -0.4 is 16.0 Å². The number of anilines is 1. The number of fused-ring (bicyclic) bond motifs is 1. The number of primary amides is 1. The number of nitrogens with two attached hydrogens (primary N) is 1. The van der Waals surface area contributed by atoms with E-state index in [1.165, 1.54) is 4.90 Å². The number of nitrogens with one attached hydrogen (secondary N) is 1. The van der Waals surface area contributed by atoms with E-state index in [-0.39, 0.29) is 19.0 Å². The summed E-state index contributed by atoms with van der Waals surface area (Å²) < 4.78 is 0. The van der Waals surface area contributed by atoms with Crippen LogP contribution in [0.3, 0.4) is 0 Å². The first-order valence-electron chi connectivity index (χ1n) is 7.73. The largest absolute Gasteiger partial charge is 0.481 e. The Morgan fingerprint density at radius 1 is 1.12 bits per heavy atom. The van der Waals surface area contributed by atoms with Gasteiger partial charge in [-0.2, -0.15) is 0 Å². The maximum absolute atomic E-state index is 12.8. The third-order valence-electron chi connectivity index (χ3n) is 4.18. The molecule has 4 N–H and O–H groups in total. The van der Waals surface area contributed by atoms with Crippen LogP contribution in [0.5, 0.6) is 0 Å². The Morgan fingerprint density at radius 3 is 2.44 bits per heavy atom. The molecule has 0 bridgehead atoms. The van der Waals surface area contributed by atoms with Gasteiger partial charge in [-0.1, -0.05) is 30.3 Å². The lowest BCUT2D eigenvalue weighted by Gasteiger charge is -2.17. The molecule has 1 atom stereocenters. The van der Waals surface area contributed by atoms with E-state index in [0.717, 1.165) is 5.56 Å². The van der Waals surface area contributed by atoms with Gasteiger partial charge in [0.1, 0.15) is 5.92 Å². The predicted octanol–water partition coefficient (Wildman–Crippen LogP) is 1.68. The van der Waals surface area contributed by atoms with Gasteiger partial charge < -0.3 is 21.1 Å². The maximum atomic E-state index is 12.8. The zero-order chi connectivity index (χ0) is 18.0. The monoisotopic (exact) mass is 339 g/mol. The van der Waals surface area contributed by atoms with E-state index in [2.05, 4.69) is 5.32 Å². The van der Waals surface area contributed by atoms with E-state index in [1.807, 2.05) is 0 Å². The molecule has 0 saturated heterocycles. The fraction of sp³-hybridized carbons (Fsp3) is 0.167. The highest BCUT2D eigenvalue weighted by Gasteiger charge is 2.36. The van der Waals surface area contributed by atoms with Gasteiger partial charge in [0.25, 0.3) is 5.91 Å². The second-order valence-electron chi connectivity index (χ2n) is 5.78. The average Bonchev–Trinajstić information content (AvgIpc) is 3.00. The van der Waals surface area contributed by atoms with Crippen molar-refractivity contribution in [1.82, 2.24) is 5.32 Å². The van der Waals surface area contributed by atoms with E-state index in [1.54, 1.807) is 48.5 Å². The minimum atomic E-state index is -0.948. The first-order valence-corrected chi connectivity index (χ1v) is 7.73. The number of carboxylic acid groups (broad SMARTS) is 1. The van der Waals surface area contributed by atoms with Gasteiger partial charge in [0, 0.05) is 24.3 Å². The Kier molecular flexibility index (Phi) is 4.38. The summed E-state index contributed by atoms with van der Waals surface area (Å²) in [4.78, 5) is 36.5. The summed E-state index contributed by atoms with van der Waals surface area (Å²) >= 11 is 0. The summed E-state index contributed by atoms with van der Waals surface area (Å²) in [7, 11) is 0. The number of rotatable bonds is 4. The molecule has 25 heavy (non-hydrogen) atoms. The second-order valence-corrected chi connectivity index (χ2v) is 5.78. The highest BCUT2D eigenvalue weighted by molar-refractivity contribution is 6.08. The Bertz CT molecular complexity index is 832. The van der Waals surface area contributed by atoms with Gasteiger partial charge in [-0.05, 0) is 29.3 Å². The standard InChI is InChI=1S/C18H17N3O4/c19-18(25)20-9-11-5-7-12(8-6-11)16(22)21-10-14(17(23)24)13-3-1-2-4-15(13)21/h1-8,14H,9-10H2,(H,23,24)(H3,19,20,25)/t14-/m1/s1.